The number of aryl methyl sites for hydroxylation is 4. The molecule has 0 atom stereocenters. The largest absolute Gasteiger partial charge is 0.454 e. The van der Waals surface area contributed by atoms with Gasteiger partial charge in [-0.1, -0.05) is 62.4 Å². The second-order valence-corrected chi connectivity index (χ2v) is 11.1. The average molecular weight is 447 g/mol. The van der Waals surface area contributed by atoms with Gasteiger partial charge in [0.1, 0.15) is 18.2 Å². The van der Waals surface area contributed by atoms with E-state index < -0.39 is 0 Å². The van der Waals surface area contributed by atoms with Gasteiger partial charge in [0.25, 0.3) is 0 Å². The first-order valence-electron chi connectivity index (χ1n) is 12.3. The van der Waals surface area contributed by atoms with E-state index >= 15 is 0 Å². The lowest BCUT2D eigenvalue weighted by Gasteiger charge is -2.14. The third-order valence-electron chi connectivity index (χ3n) is 7.73. The molecule has 1 aliphatic carbocycles. The van der Waals surface area contributed by atoms with Crippen LogP contribution in [0.3, 0.4) is 0 Å². The Morgan fingerprint density at radius 2 is 1.53 bits per heavy atom. The standard InChI is InChI=1S/C32H32NO/c1-19-10-13-27-26-9-7-8-25(22-11-12-23-16-32(4,5)17-24(23)15-22)30(26)34-31(27)29(19)28-14-20(2)21(3)18-33(28)6/h7-15,18H,16-17H2,1-6H3/q+1. The highest BCUT2D eigenvalue weighted by molar-refractivity contribution is 6.13. The molecule has 0 N–H and O–H groups in total. The zero-order valence-corrected chi connectivity index (χ0v) is 21.0. The van der Waals surface area contributed by atoms with Gasteiger partial charge in [0.05, 0.1) is 5.56 Å². The topological polar surface area (TPSA) is 17.0 Å². The van der Waals surface area contributed by atoms with E-state index in [2.05, 4.69) is 107 Å². The summed E-state index contributed by atoms with van der Waals surface area (Å²) in [5.74, 6) is 0. The van der Waals surface area contributed by atoms with Crippen molar-refractivity contribution in [3.05, 3.63) is 88.6 Å². The van der Waals surface area contributed by atoms with Crippen LogP contribution in [-0.4, -0.2) is 0 Å². The fourth-order valence-electron chi connectivity index (χ4n) is 5.86. The molecule has 2 nitrogen and oxygen atoms in total. The van der Waals surface area contributed by atoms with Crippen LogP contribution in [0.2, 0.25) is 0 Å². The summed E-state index contributed by atoms with van der Waals surface area (Å²) in [6, 6.07) is 20.3. The normalized spacial score (nSPS) is 14.8. The molecule has 6 rings (SSSR count). The van der Waals surface area contributed by atoms with Gasteiger partial charge in [0.2, 0.25) is 5.69 Å². The molecule has 34 heavy (non-hydrogen) atoms. The summed E-state index contributed by atoms with van der Waals surface area (Å²) in [4.78, 5) is 0. The molecule has 0 amide bonds. The second kappa shape index (κ2) is 7.30. The van der Waals surface area contributed by atoms with Crippen LogP contribution in [-0.2, 0) is 19.9 Å². The van der Waals surface area contributed by atoms with Crippen molar-refractivity contribution in [3.63, 3.8) is 0 Å². The van der Waals surface area contributed by atoms with E-state index in [0.29, 0.717) is 5.41 Å². The third kappa shape index (κ3) is 3.20. The first-order valence-corrected chi connectivity index (χ1v) is 12.3. The molecule has 0 aliphatic heterocycles. The highest BCUT2D eigenvalue weighted by atomic mass is 16.3. The number of pyridine rings is 1. The van der Waals surface area contributed by atoms with Crippen molar-refractivity contribution in [1.82, 2.24) is 0 Å². The fraction of sp³-hybridized carbons (Fsp3) is 0.281. The van der Waals surface area contributed by atoms with Gasteiger partial charge < -0.3 is 4.42 Å². The summed E-state index contributed by atoms with van der Waals surface area (Å²) in [6.45, 7) is 11.3. The van der Waals surface area contributed by atoms with Crippen molar-refractivity contribution < 1.29 is 8.98 Å². The Labute approximate surface area is 201 Å². The van der Waals surface area contributed by atoms with E-state index in [1.807, 2.05) is 0 Å². The Morgan fingerprint density at radius 3 is 2.35 bits per heavy atom. The molecule has 0 saturated heterocycles. The lowest BCUT2D eigenvalue weighted by molar-refractivity contribution is -0.660. The van der Waals surface area contributed by atoms with Crippen molar-refractivity contribution in [1.29, 1.82) is 0 Å². The summed E-state index contributed by atoms with van der Waals surface area (Å²) in [5.41, 5.74) is 13.9. The van der Waals surface area contributed by atoms with Crippen molar-refractivity contribution in [2.24, 2.45) is 12.5 Å². The predicted octanol–water partition coefficient (Wildman–Crippen LogP) is 7.79. The minimum Gasteiger partial charge on any atom is -0.454 e. The molecule has 5 aromatic rings. The number of aromatic nitrogens is 1. The highest BCUT2D eigenvalue weighted by Crippen LogP contribution is 2.42. The van der Waals surface area contributed by atoms with E-state index in [0.717, 1.165) is 24.0 Å². The van der Waals surface area contributed by atoms with E-state index in [1.165, 1.54) is 61.0 Å². The third-order valence-corrected chi connectivity index (χ3v) is 7.73. The number of hydrogen-bond acceptors (Lipinski definition) is 1. The number of para-hydroxylation sites is 1. The molecule has 0 radical (unpaired) electrons. The Hall–Kier alpha value is -3.39. The van der Waals surface area contributed by atoms with Crippen LogP contribution in [0.5, 0.6) is 0 Å². The van der Waals surface area contributed by atoms with Crippen LogP contribution in [0.1, 0.15) is 41.7 Å². The monoisotopic (exact) mass is 446 g/mol. The smallest absolute Gasteiger partial charge is 0.216 e. The average Bonchev–Trinajstić information content (AvgIpc) is 3.31. The molecule has 3 aromatic carbocycles. The second-order valence-electron chi connectivity index (χ2n) is 11.1. The number of nitrogens with zero attached hydrogens (tertiary/aromatic N) is 1. The molecule has 0 spiro atoms. The summed E-state index contributed by atoms with van der Waals surface area (Å²) >= 11 is 0. The molecule has 170 valence electrons. The Kier molecular flexibility index (Phi) is 4.55. The molecular weight excluding hydrogens is 414 g/mol. The van der Waals surface area contributed by atoms with Crippen LogP contribution in [0, 0.1) is 26.2 Å². The number of fused-ring (bicyclic) bond motifs is 4. The first kappa shape index (κ1) is 21.2. The molecule has 0 saturated carbocycles. The van der Waals surface area contributed by atoms with Gasteiger partial charge in [-0.05, 0) is 66.8 Å². The van der Waals surface area contributed by atoms with Gasteiger partial charge in [-0.3, -0.25) is 0 Å². The van der Waals surface area contributed by atoms with Gasteiger partial charge in [-0.25, -0.2) is 4.57 Å². The summed E-state index contributed by atoms with van der Waals surface area (Å²) in [6.07, 6.45) is 4.51. The highest BCUT2D eigenvalue weighted by Gasteiger charge is 2.29. The zero-order valence-electron chi connectivity index (χ0n) is 21.0. The van der Waals surface area contributed by atoms with Crippen molar-refractivity contribution in [2.45, 2.75) is 47.5 Å². The Balaban J connectivity index is 1.60. The quantitative estimate of drug-likeness (QED) is 0.253. The fourth-order valence-corrected chi connectivity index (χ4v) is 5.86. The van der Waals surface area contributed by atoms with Gasteiger partial charge in [0, 0.05) is 28.0 Å². The van der Waals surface area contributed by atoms with Crippen molar-refractivity contribution >= 4 is 21.9 Å². The van der Waals surface area contributed by atoms with Crippen molar-refractivity contribution in [2.75, 3.05) is 0 Å². The molecule has 1 aliphatic rings. The molecular formula is C32H32NO+. The van der Waals surface area contributed by atoms with E-state index in [4.69, 9.17) is 4.42 Å². The minimum atomic E-state index is 0.348. The molecule has 0 fully saturated rings. The van der Waals surface area contributed by atoms with Crippen molar-refractivity contribution in [3.8, 4) is 22.4 Å². The summed E-state index contributed by atoms with van der Waals surface area (Å²) < 4.78 is 9.00. The molecule has 2 heterocycles. The molecule has 2 heteroatoms. The predicted molar refractivity (Wildman–Crippen MR) is 141 cm³/mol. The van der Waals surface area contributed by atoms with E-state index in [1.54, 1.807) is 0 Å². The maximum absolute atomic E-state index is 6.78. The van der Waals surface area contributed by atoms with Crippen LogP contribution in [0.4, 0.5) is 0 Å². The zero-order chi connectivity index (χ0) is 23.8. The van der Waals surface area contributed by atoms with Crippen LogP contribution in [0.25, 0.3) is 44.3 Å². The molecule has 0 unspecified atom stereocenters. The number of rotatable bonds is 2. The van der Waals surface area contributed by atoms with E-state index in [9.17, 15) is 0 Å². The first-order chi connectivity index (χ1) is 16.2. The SMILES string of the molecule is Cc1cc(-c2c(C)ccc3c2oc2c(-c4ccc5c(c4)CC(C)(C)C5)cccc23)[n+](C)cc1C. The molecule has 0 bridgehead atoms. The van der Waals surface area contributed by atoms with Gasteiger partial charge in [0.15, 0.2) is 6.20 Å². The minimum absolute atomic E-state index is 0.348. The number of furan rings is 1. The number of benzene rings is 3. The lowest BCUT2D eigenvalue weighted by Crippen LogP contribution is -2.31. The number of hydrogen-bond donors (Lipinski definition) is 0. The van der Waals surface area contributed by atoms with Crippen LogP contribution >= 0.6 is 0 Å². The van der Waals surface area contributed by atoms with Gasteiger partial charge in [-0.15, -0.1) is 0 Å². The maximum atomic E-state index is 6.78. The van der Waals surface area contributed by atoms with Crippen LogP contribution < -0.4 is 4.57 Å². The van der Waals surface area contributed by atoms with Gasteiger partial charge in [-0.2, -0.15) is 0 Å². The summed E-state index contributed by atoms with van der Waals surface area (Å²) in [5, 5.41) is 2.36. The maximum Gasteiger partial charge on any atom is 0.216 e. The Bertz CT molecular complexity index is 1620. The van der Waals surface area contributed by atoms with E-state index in [-0.39, 0.29) is 0 Å². The molecule has 2 aromatic heterocycles. The lowest BCUT2D eigenvalue weighted by atomic mass is 9.90. The van der Waals surface area contributed by atoms with Crippen LogP contribution in [0.15, 0.2) is 65.2 Å². The Morgan fingerprint density at radius 1 is 0.765 bits per heavy atom. The summed E-state index contributed by atoms with van der Waals surface area (Å²) in [7, 11) is 2.13. The van der Waals surface area contributed by atoms with Gasteiger partial charge >= 0.3 is 0 Å².